The van der Waals surface area contributed by atoms with Gasteiger partial charge in [0.2, 0.25) is 0 Å². The lowest BCUT2D eigenvalue weighted by Gasteiger charge is -2.28. The van der Waals surface area contributed by atoms with Gasteiger partial charge in [0.25, 0.3) is 11.8 Å². The minimum atomic E-state index is -4.83. The number of hydrogen-bond donors (Lipinski definition) is 1. The highest BCUT2D eigenvalue weighted by atomic mass is 19.4. The van der Waals surface area contributed by atoms with Crippen LogP contribution < -0.4 is 10.1 Å². The Kier molecular flexibility index (Phi) is 7.33. The molecule has 0 saturated heterocycles. The summed E-state index contributed by atoms with van der Waals surface area (Å²) in [6, 6.07) is 12.1. The highest BCUT2D eigenvalue weighted by Crippen LogP contribution is 2.31. The van der Waals surface area contributed by atoms with Gasteiger partial charge in [0.05, 0.1) is 12.8 Å². The third-order valence-electron chi connectivity index (χ3n) is 5.90. The summed E-state index contributed by atoms with van der Waals surface area (Å²) in [4.78, 5) is 39.3. The molecular weight excluding hydrogens is 505 g/mol. The van der Waals surface area contributed by atoms with Gasteiger partial charge in [-0.3, -0.25) is 9.59 Å². The third kappa shape index (κ3) is 5.74. The summed E-state index contributed by atoms with van der Waals surface area (Å²) in [5.74, 6) is -1.82. The normalized spacial score (nSPS) is 13.8. The van der Waals surface area contributed by atoms with E-state index in [1.807, 2.05) is 13.8 Å². The number of amides is 2. The largest absolute Gasteiger partial charge is 0.573 e. The molecule has 1 aliphatic rings. The molecule has 2 heterocycles. The van der Waals surface area contributed by atoms with E-state index in [2.05, 4.69) is 20.3 Å². The lowest BCUT2D eigenvalue weighted by atomic mass is 10.0. The number of nitrogens with zero attached hydrogens (tertiary/aromatic N) is 3. The van der Waals surface area contributed by atoms with Crippen LogP contribution in [0.4, 0.5) is 19.0 Å². The number of aromatic nitrogens is 2. The lowest BCUT2D eigenvalue weighted by Crippen LogP contribution is -2.45. The molecule has 0 spiro atoms. The van der Waals surface area contributed by atoms with Gasteiger partial charge in [-0.2, -0.15) is 0 Å². The number of fused-ring (bicyclic) bond motifs is 1. The second kappa shape index (κ2) is 10.5. The van der Waals surface area contributed by atoms with Crippen molar-refractivity contribution in [3.63, 3.8) is 0 Å². The molecule has 12 heteroatoms. The molecule has 38 heavy (non-hydrogen) atoms. The number of esters is 1. The maximum Gasteiger partial charge on any atom is 0.573 e. The zero-order chi connectivity index (χ0) is 27.6. The van der Waals surface area contributed by atoms with Gasteiger partial charge in [-0.1, -0.05) is 26.0 Å². The predicted octanol–water partition coefficient (Wildman–Crippen LogP) is 4.45. The average molecular weight is 528 g/mol. The van der Waals surface area contributed by atoms with E-state index in [0.717, 1.165) is 17.7 Å². The standard InChI is InChI=1S/C26H23F3N4O5/c1-14(2)22(25(36)37-3)33-13-17-5-4-16(12-19(17)24(33)35)20-10-11-21(32-31-20)30-23(34)15-6-8-18(9-7-15)38-26(27,28)29/h4-12,14,22H,13H2,1-3H3,(H,30,32,34)/t22-/m0/s1. The van der Waals surface area contributed by atoms with Crippen LogP contribution in [0.15, 0.2) is 54.6 Å². The average Bonchev–Trinajstić information content (AvgIpc) is 3.19. The molecule has 9 nitrogen and oxygen atoms in total. The number of anilines is 1. The number of rotatable bonds is 7. The molecule has 1 aromatic heterocycles. The van der Waals surface area contributed by atoms with Crippen LogP contribution in [0.25, 0.3) is 11.3 Å². The van der Waals surface area contributed by atoms with Crippen molar-refractivity contribution in [3.05, 3.63) is 71.3 Å². The number of carbonyl (C=O) groups excluding carboxylic acids is 3. The fourth-order valence-electron chi connectivity index (χ4n) is 4.14. The number of hydrogen-bond acceptors (Lipinski definition) is 7. The molecule has 0 saturated carbocycles. The van der Waals surface area contributed by atoms with Crippen LogP contribution in [0.1, 0.15) is 40.1 Å². The molecule has 4 rings (SSSR count). The molecule has 1 atom stereocenters. The van der Waals surface area contributed by atoms with E-state index in [9.17, 15) is 27.6 Å². The Balaban J connectivity index is 1.46. The number of methoxy groups -OCH3 is 1. The summed E-state index contributed by atoms with van der Waals surface area (Å²) >= 11 is 0. The summed E-state index contributed by atoms with van der Waals surface area (Å²) in [7, 11) is 1.29. The Hall–Kier alpha value is -4.48. The molecule has 0 unspecified atom stereocenters. The number of alkyl halides is 3. The van der Waals surface area contributed by atoms with Gasteiger partial charge in [-0.25, -0.2) is 4.79 Å². The Morgan fingerprint density at radius 1 is 1.03 bits per heavy atom. The van der Waals surface area contributed by atoms with Crippen LogP contribution in [-0.2, 0) is 16.1 Å². The maximum atomic E-state index is 13.1. The Morgan fingerprint density at radius 3 is 2.32 bits per heavy atom. The second-order valence-corrected chi connectivity index (χ2v) is 8.85. The van der Waals surface area contributed by atoms with Crippen molar-refractivity contribution in [2.45, 2.75) is 32.8 Å². The fraction of sp³-hybridized carbons (Fsp3) is 0.269. The summed E-state index contributed by atoms with van der Waals surface area (Å²) < 4.78 is 45.6. The SMILES string of the molecule is COC(=O)[C@H](C(C)C)N1Cc2ccc(-c3ccc(NC(=O)c4ccc(OC(F)(F)F)cc4)nn3)cc2C1=O. The Morgan fingerprint density at radius 2 is 1.74 bits per heavy atom. The highest BCUT2D eigenvalue weighted by Gasteiger charge is 2.39. The number of nitrogens with one attached hydrogen (secondary N) is 1. The van der Waals surface area contributed by atoms with E-state index in [0.29, 0.717) is 16.8 Å². The molecule has 0 aliphatic carbocycles. The second-order valence-electron chi connectivity index (χ2n) is 8.85. The molecule has 0 bridgehead atoms. The first kappa shape index (κ1) is 26.6. The fourth-order valence-corrected chi connectivity index (χ4v) is 4.14. The van der Waals surface area contributed by atoms with Gasteiger partial charge in [0, 0.05) is 23.2 Å². The molecule has 0 radical (unpaired) electrons. The van der Waals surface area contributed by atoms with E-state index >= 15 is 0 Å². The molecule has 1 aliphatic heterocycles. The van der Waals surface area contributed by atoms with Crippen molar-refractivity contribution in [3.8, 4) is 17.0 Å². The number of halogens is 3. The van der Waals surface area contributed by atoms with Gasteiger partial charge in [0.15, 0.2) is 5.82 Å². The van der Waals surface area contributed by atoms with Crippen molar-refractivity contribution in [2.75, 3.05) is 12.4 Å². The zero-order valence-corrected chi connectivity index (χ0v) is 20.6. The van der Waals surface area contributed by atoms with Crippen LogP contribution >= 0.6 is 0 Å². The van der Waals surface area contributed by atoms with Crippen LogP contribution in [0.3, 0.4) is 0 Å². The number of carbonyl (C=O) groups is 3. The lowest BCUT2D eigenvalue weighted by molar-refractivity contribution is -0.274. The van der Waals surface area contributed by atoms with Crippen LogP contribution in [0.5, 0.6) is 5.75 Å². The minimum absolute atomic E-state index is 0.0961. The molecule has 2 aromatic carbocycles. The molecule has 2 amide bonds. The van der Waals surface area contributed by atoms with E-state index < -0.39 is 30.0 Å². The van der Waals surface area contributed by atoms with Gasteiger partial charge >= 0.3 is 12.3 Å². The summed E-state index contributed by atoms with van der Waals surface area (Å²) in [5, 5.41) is 10.6. The summed E-state index contributed by atoms with van der Waals surface area (Å²) in [6.45, 7) is 3.97. The summed E-state index contributed by atoms with van der Waals surface area (Å²) in [6.07, 6.45) is -4.83. The van der Waals surface area contributed by atoms with E-state index in [4.69, 9.17) is 4.74 Å². The Bertz CT molecular complexity index is 1360. The van der Waals surface area contributed by atoms with Crippen LogP contribution in [0, 0.1) is 5.92 Å². The number of ether oxygens (including phenoxy) is 2. The molecule has 1 N–H and O–H groups in total. The molecular formula is C26H23F3N4O5. The van der Waals surface area contributed by atoms with Crippen LogP contribution in [0.2, 0.25) is 0 Å². The monoisotopic (exact) mass is 528 g/mol. The van der Waals surface area contributed by atoms with Crippen molar-refractivity contribution >= 4 is 23.6 Å². The van der Waals surface area contributed by atoms with Crippen LogP contribution in [-0.4, -0.2) is 52.4 Å². The topological polar surface area (TPSA) is 111 Å². The van der Waals surface area contributed by atoms with E-state index in [-0.39, 0.29) is 29.8 Å². The van der Waals surface area contributed by atoms with Gasteiger partial charge in [-0.05, 0) is 53.9 Å². The summed E-state index contributed by atoms with van der Waals surface area (Å²) in [5.41, 5.74) is 2.38. The maximum absolute atomic E-state index is 13.1. The smallest absolute Gasteiger partial charge is 0.467 e. The van der Waals surface area contributed by atoms with Crippen molar-refractivity contribution in [1.29, 1.82) is 0 Å². The van der Waals surface area contributed by atoms with E-state index in [1.54, 1.807) is 24.3 Å². The molecule has 0 fully saturated rings. The van der Waals surface area contributed by atoms with Gasteiger partial charge < -0.3 is 19.7 Å². The first-order chi connectivity index (χ1) is 18.0. The van der Waals surface area contributed by atoms with Crippen molar-refractivity contribution in [1.82, 2.24) is 15.1 Å². The first-order valence-corrected chi connectivity index (χ1v) is 11.5. The van der Waals surface area contributed by atoms with Crippen molar-refractivity contribution in [2.24, 2.45) is 5.92 Å². The zero-order valence-electron chi connectivity index (χ0n) is 20.6. The molecule has 3 aromatic rings. The minimum Gasteiger partial charge on any atom is -0.467 e. The predicted molar refractivity (Wildman–Crippen MR) is 129 cm³/mol. The van der Waals surface area contributed by atoms with E-state index in [1.165, 1.54) is 30.2 Å². The van der Waals surface area contributed by atoms with Gasteiger partial charge in [0.1, 0.15) is 11.8 Å². The van der Waals surface area contributed by atoms with Crippen molar-refractivity contribution < 1.29 is 37.0 Å². The quantitative estimate of drug-likeness (QED) is 0.451. The van der Waals surface area contributed by atoms with Gasteiger partial charge in [-0.15, -0.1) is 23.4 Å². The number of benzene rings is 2. The first-order valence-electron chi connectivity index (χ1n) is 11.5. The Labute approximate surface area is 215 Å². The molecule has 198 valence electrons. The highest BCUT2D eigenvalue weighted by molar-refractivity contribution is 6.04. The third-order valence-corrected chi connectivity index (χ3v) is 5.90.